The third-order valence-electron chi connectivity index (χ3n) is 2.28. The van der Waals surface area contributed by atoms with Crippen molar-refractivity contribution < 1.29 is 0 Å². The second-order valence-corrected chi connectivity index (χ2v) is 2.92. The Bertz CT molecular complexity index is 241. The molecular weight excluding hydrogens is 138 g/mol. The predicted octanol–water partition coefficient (Wildman–Crippen LogP) is 0.685. The van der Waals surface area contributed by atoms with E-state index in [2.05, 4.69) is 15.3 Å². The van der Waals surface area contributed by atoms with Gasteiger partial charge in [0.15, 0.2) is 0 Å². The number of nitrogens with zero attached hydrogens (tertiary/aromatic N) is 2. The highest BCUT2D eigenvalue weighted by Gasteiger charge is 2.44. The van der Waals surface area contributed by atoms with Crippen molar-refractivity contribution >= 4 is 0 Å². The molecule has 1 fully saturated rings. The third-order valence-corrected chi connectivity index (χ3v) is 2.28. The number of aromatic nitrogens is 2. The van der Waals surface area contributed by atoms with Crippen molar-refractivity contribution in [3.63, 3.8) is 0 Å². The second-order valence-electron chi connectivity index (χ2n) is 2.92. The summed E-state index contributed by atoms with van der Waals surface area (Å²) < 4.78 is 0. The zero-order valence-corrected chi connectivity index (χ0v) is 6.54. The van der Waals surface area contributed by atoms with Crippen LogP contribution in [0.25, 0.3) is 0 Å². The molecule has 2 rings (SSSR count). The lowest BCUT2D eigenvalue weighted by Gasteiger charge is -2.11. The average molecular weight is 149 g/mol. The minimum Gasteiger partial charge on any atom is -0.309 e. The van der Waals surface area contributed by atoms with Gasteiger partial charge in [0.1, 0.15) is 0 Å². The molecular formula is C8H11N3. The molecule has 0 saturated heterocycles. The van der Waals surface area contributed by atoms with Gasteiger partial charge in [0.2, 0.25) is 0 Å². The molecule has 1 saturated carbocycles. The Morgan fingerprint density at radius 1 is 1.45 bits per heavy atom. The van der Waals surface area contributed by atoms with E-state index in [0.717, 1.165) is 5.69 Å². The van der Waals surface area contributed by atoms with Gasteiger partial charge in [0.25, 0.3) is 0 Å². The van der Waals surface area contributed by atoms with Gasteiger partial charge in [-0.3, -0.25) is 9.97 Å². The van der Waals surface area contributed by atoms with Crippen LogP contribution in [0.2, 0.25) is 0 Å². The van der Waals surface area contributed by atoms with Crippen LogP contribution in [-0.4, -0.2) is 17.0 Å². The maximum Gasteiger partial charge on any atom is 0.0787 e. The largest absolute Gasteiger partial charge is 0.309 e. The smallest absolute Gasteiger partial charge is 0.0787 e. The minimum atomic E-state index is 0.161. The fourth-order valence-electron chi connectivity index (χ4n) is 1.31. The van der Waals surface area contributed by atoms with E-state index in [0.29, 0.717) is 0 Å². The molecule has 0 atom stereocenters. The average Bonchev–Trinajstić information content (AvgIpc) is 2.86. The topological polar surface area (TPSA) is 37.8 Å². The van der Waals surface area contributed by atoms with Crippen LogP contribution in [0.3, 0.4) is 0 Å². The molecule has 11 heavy (non-hydrogen) atoms. The van der Waals surface area contributed by atoms with Crippen molar-refractivity contribution in [3.8, 4) is 0 Å². The van der Waals surface area contributed by atoms with Crippen LogP contribution in [0.15, 0.2) is 18.6 Å². The Kier molecular flexibility index (Phi) is 1.39. The summed E-state index contributed by atoms with van der Waals surface area (Å²) in [4.78, 5) is 8.30. The first-order valence-corrected chi connectivity index (χ1v) is 3.83. The highest BCUT2D eigenvalue weighted by Crippen LogP contribution is 2.43. The summed E-state index contributed by atoms with van der Waals surface area (Å²) in [5, 5.41) is 3.27. The molecule has 0 aromatic carbocycles. The number of rotatable bonds is 2. The lowest BCUT2D eigenvalue weighted by molar-refractivity contribution is 0.564. The van der Waals surface area contributed by atoms with Crippen LogP contribution in [-0.2, 0) is 5.54 Å². The lowest BCUT2D eigenvalue weighted by atomic mass is 10.2. The van der Waals surface area contributed by atoms with E-state index >= 15 is 0 Å². The molecule has 1 N–H and O–H groups in total. The van der Waals surface area contributed by atoms with Crippen molar-refractivity contribution in [2.24, 2.45) is 0 Å². The van der Waals surface area contributed by atoms with Gasteiger partial charge in [-0.25, -0.2) is 0 Å². The van der Waals surface area contributed by atoms with Gasteiger partial charge in [-0.05, 0) is 19.9 Å². The van der Waals surface area contributed by atoms with Crippen molar-refractivity contribution in [2.75, 3.05) is 7.05 Å². The van der Waals surface area contributed by atoms with Gasteiger partial charge in [0, 0.05) is 12.4 Å². The Balaban J connectivity index is 2.30. The summed E-state index contributed by atoms with van der Waals surface area (Å²) >= 11 is 0. The summed E-state index contributed by atoms with van der Waals surface area (Å²) in [5.41, 5.74) is 1.23. The van der Waals surface area contributed by atoms with Crippen molar-refractivity contribution in [2.45, 2.75) is 18.4 Å². The highest BCUT2D eigenvalue weighted by molar-refractivity contribution is 5.19. The monoisotopic (exact) mass is 149 g/mol. The van der Waals surface area contributed by atoms with Crippen LogP contribution in [0.4, 0.5) is 0 Å². The summed E-state index contributed by atoms with van der Waals surface area (Å²) in [5.74, 6) is 0. The van der Waals surface area contributed by atoms with Crippen LogP contribution < -0.4 is 5.32 Å². The first kappa shape index (κ1) is 6.73. The van der Waals surface area contributed by atoms with E-state index < -0.39 is 0 Å². The zero-order valence-electron chi connectivity index (χ0n) is 6.54. The van der Waals surface area contributed by atoms with Crippen LogP contribution >= 0.6 is 0 Å². The van der Waals surface area contributed by atoms with E-state index in [1.165, 1.54) is 12.8 Å². The quantitative estimate of drug-likeness (QED) is 0.672. The minimum absolute atomic E-state index is 0.161. The Morgan fingerprint density at radius 3 is 2.73 bits per heavy atom. The van der Waals surface area contributed by atoms with Crippen molar-refractivity contribution in [1.82, 2.24) is 15.3 Å². The molecule has 1 aliphatic carbocycles. The van der Waals surface area contributed by atoms with Crippen LogP contribution in [0.5, 0.6) is 0 Å². The van der Waals surface area contributed by atoms with Crippen LogP contribution in [0, 0.1) is 0 Å². The number of nitrogens with one attached hydrogen (secondary N) is 1. The second kappa shape index (κ2) is 2.27. The molecule has 1 aromatic rings. The van der Waals surface area contributed by atoms with Gasteiger partial charge in [0.05, 0.1) is 17.4 Å². The summed E-state index contributed by atoms with van der Waals surface area (Å²) in [6.07, 6.45) is 7.65. The van der Waals surface area contributed by atoms with E-state index in [4.69, 9.17) is 0 Å². The SMILES string of the molecule is CNC1(c2cnccn2)CC1. The molecule has 0 aliphatic heterocycles. The molecule has 0 radical (unpaired) electrons. The Labute approximate surface area is 65.9 Å². The summed E-state index contributed by atoms with van der Waals surface area (Å²) in [6, 6.07) is 0. The molecule has 58 valence electrons. The first-order valence-electron chi connectivity index (χ1n) is 3.83. The van der Waals surface area contributed by atoms with E-state index in [-0.39, 0.29) is 5.54 Å². The standard InChI is InChI=1S/C8H11N3/c1-9-8(2-3-8)7-6-10-4-5-11-7/h4-6,9H,2-3H2,1H3. The molecule has 1 aromatic heterocycles. The third kappa shape index (κ3) is 1.01. The molecule has 1 heterocycles. The maximum absolute atomic E-state index is 4.26. The molecule has 3 nitrogen and oxygen atoms in total. The van der Waals surface area contributed by atoms with Gasteiger partial charge < -0.3 is 5.32 Å². The molecule has 1 aliphatic rings. The predicted molar refractivity (Wildman–Crippen MR) is 42.0 cm³/mol. The van der Waals surface area contributed by atoms with E-state index in [1.54, 1.807) is 12.4 Å². The van der Waals surface area contributed by atoms with Crippen molar-refractivity contribution in [1.29, 1.82) is 0 Å². The Morgan fingerprint density at radius 2 is 2.27 bits per heavy atom. The lowest BCUT2D eigenvalue weighted by Crippen LogP contribution is -2.25. The summed E-state index contributed by atoms with van der Waals surface area (Å²) in [6.45, 7) is 0. The van der Waals surface area contributed by atoms with Crippen molar-refractivity contribution in [3.05, 3.63) is 24.3 Å². The van der Waals surface area contributed by atoms with Crippen LogP contribution in [0.1, 0.15) is 18.5 Å². The van der Waals surface area contributed by atoms with Gasteiger partial charge in [-0.15, -0.1) is 0 Å². The Hall–Kier alpha value is -0.960. The molecule has 0 amide bonds. The number of hydrogen-bond donors (Lipinski definition) is 1. The molecule has 0 unspecified atom stereocenters. The summed E-state index contributed by atoms with van der Waals surface area (Å²) in [7, 11) is 1.97. The molecule has 0 bridgehead atoms. The normalized spacial score (nSPS) is 19.7. The fourth-order valence-corrected chi connectivity index (χ4v) is 1.31. The van der Waals surface area contributed by atoms with Gasteiger partial charge >= 0.3 is 0 Å². The maximum atomic E-state index is 4.26. The fraction of sp³-hybridized carbons (Fsp3) is 0.500. The first-order chi connectivity index (χ1) is 5.37. The van der Waals surface area contributed by atoms with Gasteiger partial charge in [-0.1, -0.05) is 0 Å². The highest BCUT2D eigenvalue weighted by atomic mass is 15.0. The van der Waals surface area contributed by atoms with Gasteiger partial charge in [-0.2, -0.15) is 0 Å². The zero-order chi connectivity index (χ0) is 7.73. The van der Waals surface area contributed by atoms with E-state index in [9.17, 15) is 0 Å². The van der Waals surface area contributed by atoms with E-state index in [1.807, 2.05) is 13.2 Å². The molecule has 0 spiro atoms. The number of hydrogen-bond acceptors (Lipinski definition) is 3. The molecule has 3 heteroatoms.